The number of ether oxygens (including phenoxy) is 1. The van der Waals surface area contributed by atoms with Crippen molar-refractivity contribution in [3.8, 4) is 11.3 Å². The van der Waals surface area contributed by atoms with E-state index in [1.54, 1.807) is 24.8 Å². The SMILES string of the molecule is Cc1cccc(F)c1Cn1cnc2c(-c3cnc(N)nc3)nc(N3CCOCC3)nc21. The first-order chi connectivity index (χ1) is 15.1. The molecule has 1 aliphatic heterocycles. The number of morpholine rings is 1. The molecular formula is C21H21FN8O. The normalized spacial score (nSPS) is 14.3. The van der Waals surface area contributed by atoms with Crippen molar-refractivity contribution < 1.29 is 9.13 Å². The Morgan fingerprint density at radius 2 is 1.87 bits per heavy atom. The molecule has 0 bridgehead atoms. The average molecular weight is 420 g/mol. The molecular weight excluding hydrogens is 399 g/mol. The molecule has 9 nitrogen and oxygen atoms in total. The van der Waals surface area contributed by atoms with Gasteiger partial charge in [-0.1, -0.05) is 12.1 Å². The molecule has 0 atom stereocenters. The number of imidazole rings is 1. The quantitative estimate of drug-likeness (QED) is 0.535. The summed E-state index contributed by atoms with van der Waals surface area (Å²) in [5.41, 5.74) is 9.63. The van der Waals surface area contributed by atoms with Crippen LogP contribution in [0, 0.1) is 12.7 Å². The first-order valence-corrected chi connectivity index (χ1v) is 9.97. The monoisotopic (exact) mass is 420 g/mol. The summed E-state index contributed by atoms with van der Waals surface area (Å²) in [6.07, 6.45) is 4.90. The molecule has 5 rings (SSSR count). The number of nitrogens with zero attached hydrogens (tertiary/aromatic N) is 7. The highest BCUT2D eigenvalue weighted by atomic mass is 19.1. The number of aryl methyl sites for hydroxylation is 1. The molecule has 3 aromatic heterocycles. The van der Waals surface area contributed by atoms with Crippen molar-refractivity contribution in [1.29, 1.82) is 0 Å². The number of aromatic nitrogens is 6. The highest BCUT2D eigenvalue weighted by molar-refractivity contribution is 5.88. The van der Waals surface area contributed by atoms with E-state index in [1.165, 1.54) is 6.07 Å². The lowest BCUT2D eigenvalue weighted by Gasteiger charge is -2.27. The van der Waals surface area contributed by atoms with Gasteiger partial charge in [-0.05, 0) is 18.6 Å². The Bertz CT molecular complexity index is 1210. The summed E-state index contributed by atoms with van der Waals surface area (Å²) in [6.45, 7) is 4.79. The summed E-state index contributed by atoms with van der Waals surface area (Å²) in [5, 5.41) is 0. The van der Waals surface area contributed by atoms with Crippen LogP contribution in [0.5, 0.6) is 0 Å². The fourth-order valence-corrected chi connectivity index (χ4v) is 3.65. The van der Waals surface area contributed by atoms with Crippen LogP contribution in [0.1, 0.15) is 11.1 Å². The van der Waals surface area contributed by atoms with Crippen LogP contribution in [0.2, 0.25) is 0 Å². The molecule has 0 spiro atoms. The van der Waals surface area contributed by atoms with Gasteiger partial charge in [-0.15, -0.1) is 0 Å². The lowest BCUT2D eigenvalue weighted by molar-refractivity contribution is 0.122. The van der Waals surface area contributed by atoms with Crippen molar-refractivity contribution in [3.05, 3.63) is 53.9 Å². The third-order valence-electron chi connectivity index (χ3n) is 5.37. The van der Waals surface area contributed by atoms with E-state index in [1.807, 2.05) is 17.6 Å². The molecule has 1 fully saturated rings. The molecule has 31 heavy (non-hydrogen) atoms. The standard InChI is InChI=1S/C21H21FN8O/c1-13-3-2-4-16(22)15(13)11-30-12-26-18-17(14-9-24-20(23)25-10-14)27-21(28-19(18)30)29-5-7-31-8-6-29/h2-4,9-10,12H,5-8,11H2,1H3,(H2,23,24,25). The van der Waals surface area contributed by atoms with Gasteiger partial charge in [-0.2, -0.15) is 4.98 Å². The van der Waals surface area contributed by atoms with E-state index in [0.717, 1.165) is 5.56 Å². The van der Waals surface area contributed by atoms with Gasteiger partial charge in [0.2, 0.25) is 11.9 Å². The zero-order valence-electron chi connectivity index (χ0n) is 17.0. The fourth-order valence-electron chi connectivity index (χ4n) is 3.65. The maximum atomic E-state index is 14.5. The van der Waals surface area contributed by atoms with Crippen molar-refractivity contribution in [2.45, 2.75) is 13.5 Å². The maximum Gasteiger partial charge on any atom is 0.228 e. The van der Waals surface area contributed by atoms with Crippen LogP contribution in [-0.4, -0.2) is 55.8 Å². The molecule has 0 radical (unpaired) electrons. The van der Waals surface area contributed by atoms with E-state index in [4.69, 9.17) is 20.4 Å². The van der Waals surface area contributed by atoms with Gasteiger partial charge in [0.1, 0.15) is 17.0 Å². The largest absolute Gasteiger partial charge is 0.378 e. The molecule has 0 aliphatic carbocycles. The molecule has 1 saturated heterocycles. The summed E-state index contributed by atoms with van der Waals surface area (Å²) >= 11 is 0. The lowest BCUT2D eigenvalue weighted by Crippen LogP contribution is -2.37. The molecule has 1 aliphatic rings. The topological polar surface area (TPSA) is 108 Å². The van der Waals surface area contributed by atoms with Gasteiger partial charge in [-0.25, -0.2) is 24.3 Å². The predicted molar refractivity (Wildman–Crippen MR) is 114 cm³/mol. The lowest BCUT2D eigenvalue weighted by atomic mass is 10.1. The summed E-state index contributed by atoms with van der Waals surface area (Å²) in [4.78, 5) is 24.4. The van der Waals surface area contributed by atoms with Crippen LogP contribution in [0.3, 0.4) is 0 Å². The summed E-state index contributed by atoms with van der Waals surface area (Å²) < 4.78 is 21.8. The number of nitrogen functional groups attached to an aromatic ring is 1. The van der Waals surface area contributed by atoms with Gasteiger partial charge in [0.15, 0.2) is 5.65 Å². The minimum atomic E-state index is -0.253. The van der Waals surface area contributed by atoms with Crippen LogP contribution < -0.4 is 10.6 Å². The number of halogens is 1. The number of hydrogen-bond acceptors (Lipinski definition) is 8. The van der Waals surface area contributed by atoms with Crippen molar-refractivity contribution in [2.24, 2.45) is 0 Å². The molecule has 10 heteroatoms. The zero-order valence-corrected chi connectivity index (χ0v) is 17.0. The van der Waals surface area contributed by atoms with Crippen LogP contribution in [0.25, 0.3) is 22.4 Å². The van der Waals surface area contributed by atoms with Crippen LogP contribution >= 0.6 is 0 Å². The number of nitrogens with two attached hydrogens (primary N) is 1. The predicted octanol–water partition coefficient (Wildman–Crippen LogP) is 2.20. The third kappa shape index (κ3) is 3.66. The van der Waals surface area contributed by atoms with Crippen LogP contribution in [-0.2, 0) is 11.3 Å². The molecule has 158 valence electrons. The molecule has 4 heterocycles. The van der Waals surface area contributed by atoms with E-state index in [2.05, 4.69) is 19.9 Å². The number of benzene rings is 1. The minimum Gasteiger partial charge on any atom is -0.378 e. The number of rotatable bonds is 4. The molecule has 4 aromatic rings. The minimum absolute atomic E-state index is 0.183. The summed E-state index contributed by atoms with van der Waals surface area (Å²) in [7, 11) is 0. The van der Waals surface area contributed by atoms with Gasteiger partial charge >= 0.3 is 0 Å². The van der Waals surface area contributed by atoms with Crippen molar-refractivity contribution in [2.75, 3.05) is 36.9 Å². The van der Waals surface area contributed by atoms with Gasteiger partial charge < -0.3 is 19.9 Å². The summed E-state index contributed by atoms with van der Waals surface area (Å²) in [5.74, 6) is 0.495. The highest BCUT2D eigenvalue weighted by Gasteiger charge is 2.21. The number of anilines is 2. The maximum absolute atomic E-state index is 14.5. The number of hydrogen-bond donors (Lipinski definition) is 1. The molecule has 1 aromatic carbocycles. The second-order valence-corrected chi connectivity index (χ2v) is 7.38. The second-order valence-electron chi connectivity index (χ2n) is 7.38. The van der Waals surface area contributed by atoms with Crippen LogP contribution in [0.15, 0.2) is 36.9 Å². The first kappa shape index (κ1) is 19.3. The average Bonchev–Trinajstić information content (AvgIpc) is 3.20. The Balaban J connectivity index is 1.66. The van der Waals surface area contributed by atoms with Crippen LogP contribution in [0.4, 0.5) is 16.3 Å². The molecule has 2 N–H and O–H groups in total. The first-order valence-electron chi connectivity index (χ1n) is 9.97. The van der Waals surface area contributed by atoms with E-state index in [0.29, 0.717) is 66.8 Å². The third-order valence-corrected chi connectivity index (χ3v) is 5.37. The molecule has 0 amide bonds. The van der Waals surface area contributed by atoms with Crippen molar-refractivity contribution in [3.63, 3.8) is 0 Å². The van der Waals surface area contributed by atoms with E-state index < -0.39 is 0 Å². The van der Waals surface area contributed by atoms with Gasteiger partial charge in [-0.3, -0.25) is 0 Å². The Kier molecular flexibility index (Phi) is 4.91. The van der Waals surface area contributed by atoms with Crippen molar-refractivity contribution in [1.82, 2.24) is 29.5 Å². The molecule has 0 unspecified atom stereocenters. The van der Waals surface area contributed by atoms with E-state index >= 15 is 0 Å². The highest BCUT2D eigenvalue weighted by Crippen LogP contribution is 2.28. The molecule has 0 saturated carbocycles. The fraction of sp³-hybridized carbons (Fsp3) is 0.286. The van der Waals surface area contributed by atoms with Gasteiger partial charge in [0.25, 0.3) is 0 Å². The van der Waals surface area contributed by atoms with Crippen molar-refractivity contribution >= 4 is 23.1 Å². The van der Waals surface area contributed by atoms with E-state index in [9.17, 15) is 4.39 Å². The Morgan fingerprint density at radius 1 is 1.10 bits per heavy atom. The summed E-state index contributed by atoms with van der Waals surface area (Å²) in [6, 6.07) is 5.06. The smallest absolute Gasteiger partial charge is 0.228 e. The zero-order chi connectivity index (χ0) is 21.4. The Morgan fingerprint density at radius 3 is 2.61 bits per heavy atom. The van der Waals surface area contributed by atoms with Gasteiger partial charge in [0, 0.05) is 36.6 Å². The van der Waals surface area contributed by atoms with E-state index in [-0.39, 0.29) is 11.8 Å². The number of fused-ring (bicyclic) bond motifs is 1. The second kappa shape index (κ2) is 7.88. The van der Waals surface area contributed by atoms with Gasteiger partial charge in [0.05, 0.1) is 26.1 Å². The Hall–Kier alpha value is -3.66. The Labute approximate surface area is 177 Å².